The zero-order valence-electron chi connectivity index (χ0n) is 16.5. The minimum atomic E-state index is -0.642. The molecular weight excluding hydrogens is 428 g/mol. The smallest absolute Gasteiger partial charge is 0.321 e. The van der Waals surface area contributed by atoms with Crippen LogP contribution in [-0.2, 0) is 11.2 Å². The van der Waals surface area contributed by atoms with Crippen molar-refractivity contribution in [1.82, 2.24) is 14.9 Å². The van der Waals surface area contributed by atoms with Crippen LogP contribution in [0.4, 0.5) is 9.93 Å². The molecule has 2 aromatic rings. The molecule has 0 saturated carbocycles. The van der Waals surface area contributed by atoms with E-state index >= 15 is 0 Å². The number of nitrogens with zero attached hydrogens (tertiary/aromatic N) is 5. The summed E-state index contributed by atoms with van der Waals surface area (Å²) in [5.41, 5.74) is 7.04. The average molecular weight is 451 g/mol. The Labute approximate surface area is 181 Å². The summed E-state index contributed by atoms with van der Waals surface area (Å²) in [7, 11) is 0. The molecule has 3 heterocycles. The van der Waals surface area contributed by atoms with Crippen LogP contribution in [0.25, 0.3) is 10.6 Å². The summed E-state index contributed by atoms with van der Waals surface area (Å²) in [6.45, 7) is 6.78. The number of thioether (sulfide) groups is 1. The molecule has 154 valence electrons. The molecule has 29 heavy (non-hydrogen) atoms. The first kappa shape index (κ1) is 21.5. The van der Waals surface area contributed by atoms with Crippen molar-refractivity contribution in [1.29, 1.82) is 5.26 Å². The highest BCUT2D eigenvalue weighted by atomic mass is 32.2. The quantitative estimate of drug-likeness (QED) is 0.722. The molecule has 1 aliphatic heterocycles. The number of aromatic nitrogens is 2. The molecule has 1 saturated heterocycles. The van der Waals surface area contributed by atoms with E-state index in [4.69, 9.17) is 11.0 Å². The second-order valence-electron chi connectivity index (χ2n) is 6.95. The molecule has 0 bridgehead atoms. The van der Waals surface area contributed by atoms with Crippen LogP contribution in [-0.4, -0.2) is 50.5 Å². The lowest BCUT2D eigenvalue weighted by Gasteiger charge is -2.31. The van der Waals surface area contributed by atoms with Gasteiger partial charge in [0.05, 0.1) is 33.6 Å². The minimum absolute atomic E-state index is 0.000369. The highest BCUT2D eigenvalue weighted by Crippen LogP contribution is 2.36. The maximum absolute atomic E-state index is 12.7. The molecule has 11 heteroatoms. The first-order valence-corrected chi connectivity index (χ1v) is 11.7. The molecule has 0 spiro atoms. The number of urea groups is 1. The van der Waals surface area contributed by atoms with E-state index < -0.39 is 6.03 Å². The Morgan fingerprint density at radius 3 is 2.79 bits per heavy atom. The van der Waals surface area contributed by atoms with E-state index in [1.54, 1.807) is 11.8 Å². The van der Waals surface area contributed by atoms with Crippen molar-refractivity contribution in [2.75, 3.05) is 23.7 Å². The first-order chi connectivity index (χ1) is 13.7. The largest absolute Gasteiger partial charge is 0.351 e. The zero-order chi connectivity index (χ0) is 21.2. The van der Waals surface area contributed by atoms with Crippen LogP contribution in [0.3, 0.4) is 0 Å². The van der Waals surface area contributed by atoms with Crippen LogP contribution in [0.2, 0.25) is 0 Å². The van der Waals surface area contributed by atoms with Gasteiger partial charge in [-0.3, -0.25) is 9.69 Å². The number of nitrogens with two attached hydrogens (primary N) is 1. The summed E-state index contributed by atoms with van der Waals surface area (Å²) in [4.78, 5) is 37.4. The van der Waals surface area contributed by atoms with Gasteiger partial charge in [0.2, 0.25) is 5.91 Å². The maximum Gasteiger partial charge on any atom is 0.321 e. The average Bonchev–Trinajstić information content (AvgIpc) is 3.33. The number of carbonyl (C=O) groups excluding carboxylic acids is 2. The molecule has 0 aliphatic carbocycles. The summed E-state index contributed by atoms with van der Waals surface area (Å²) in [5.74, 6) is 0.912. The number of amides is 3. The van der Waals surface area contributed by atoms with Gasteiger partial charge in [0.1, 0.15) is 5.01 Å². The number of thiazole rings is 2. The lowest BCUT2D eigenvalue weighted by atomic mass is 10.2. The highest BCUT2D eigenvalue weighted by Gasteiger charge is 2.36. The van der Waals surface area contributed by atoms with Gasteiger partial charge in [-0.2, -0.15) is 5.26 Å². The second kappa shape index (κ2) is 8.69. The van der Waals surface area contributed by atoms with Crippen LogP contribution in [0.15, 0.2) is 5.38 Å². The van der Waals surface area contributed by atoms with Gasteiger partial charge >= 0.3 is 6.03 Å². The monoisotopic (exact) mass is 450 g/mol. The number of aryl methyl sites for hydroxylation is 1. The maximum atomic E-state index is 12.7. The molecule has 0 aromatic carbocycles. The van der Waals surface area contributed by atoms with E-state index in [1.165, 1.54) is 27.6 Å². The van der Waals surface area contributed by atoms with E-state index in [1.807, 2.05) is 31.1 Å². The van der Waals surface area contributed by atoms with Crippen molar-refractivity contribution in [3.63, 3.8) is 0 Å². The second-order valence-corrected chi connectivity index (χ2v) is 10.6. The van der Waals surface area contributed by atoms with Crippen LogP contribution in [0.1, 0.15) is 31.0 Å². The third kappa shape index (κ3) is 4.71. The third-order valence-corrected chi connectivity index (χ3v) is 7.93. The number of carbonyl (C=O) groups is 2. The van der Waals surface area contributed by atoms with E-state index in [-0.39, 0.29) is 30.2 Å². The van der Waals surface area contributed by atoms with E-state index in [0.29, 0.717) is 11.7 Å². The van der Waals surface area contributed by atoms with Gasteiger partial charge in [-0.1, -0.05) is 11.3 Å². The van der Waals surface area contributed by atoms with Gasteiger partial charge in [-0.25, -0.2) is 14.8 Å². The van der Waals surface area contributed by atoms with Gasteiger partial charge in [0, 0.05) is 30.6 Å². The molecule has 1 aliphatic rings. The third-order valence-electron chi connectivity index (χ3n) is 4.57. The fourth-order valence-electron chi connectivity index (χ4n) is 3.10. The predicted molar refractivity (Wildman–Crippen MR) is 117 cm³/mol. The summed E-state index contributed by atoms with van der Waals surface area (Å²) in [6.07, 6.45) is 0.444. The lowest BCUT2D eigenvalue weighted by molar-refractivity contribution is -0.132. The summed E-state index contributed by atoms with van der Waals surface area (Å²) in [5, 5.41) is 11.9. The molecular formula is C18H22N6O2S3. The summed E-state index contributed by atoms with van der Waals surface area (Å²) in [6, 6.07) is 1.44. The first-order valence-electron chi connectivity index (χ1n) is 9.03. The minimum Gasteiger partial charge on any atom is -0.351 e. The van der Waals surface area contributed by atoms with Crippen molar-refractivity contribution in [3.05, 3.63) is 16.1 Å². The predicted octanol–water partition coefficient (Wildman–Crippen LogP) is 3.23. The Bertz CT molecular complexity index is 961. The van der Waals surface area contributed by atoms with Gasteiger partial charge in [0.25, 0.3) is 0 Å². The Morgan fingerprint density at radius 2 is 2.17 bits per heavy atom. The SMILES string of the molecule is Cc1nc(N(CCC(=O)N2CCSC2(C)C)C(N)=O)sc1-c1csc(CC#N)n1. The normalized spacial score (nSPS) is 15.3. The summed E-state index contributed by atoms with van der Waals surface area (Å²) >= 11 is 4.47. The Kier molecular flexibility index (Phi) is 6.45. The van der Waals surface area contributed by atoms with Crippen LogP contribution in [0.5, 0.6) is 0 Å². The number of rotatable bonds is 6. The van der Waals surface area contributed by atoms with E-state index in [9.17, 15) is 9.59 Å². The van der Waals surface area contributed by atoms with Crippen molar-refractivity contribution >= 4 is 51.5 Å². The Hall–Kier alpha value is -2.16. The number of hydrogen-bond donors (Lipinski definition) is 1. The topological polar surface area (TPSA) is 116 Å². The van der Waals surface area contributed by atoms with Gasteiger partial charge in [0.15, 0.2) is 5.13 Å². The molecule has 1 fully saturated rings. The van der Waals surface area contributed by atoms with Crippen LogP contribution >= 0.6 is 34.4 Å². The number of primary amides is 1. The van der Waals surface area contributed by atoms with Crippen molar-refractivity contribution in [2.45, 2.75) is 38.5 Å². The van der Waals surface area contributed by atoms with Crippen molar-refractivity contribution in [2.24, 2.45) is 5.73 Å². The lowest BCUT2D eigenvalue weighted by Crippen LogP contribution is -2.44. The molecule has 3 amide bonds. The fourth-order valence-corrected chi connectivity index (χ4v) is 6.07. The van der Waals surface area contributed by atoms with Gasteiger partial charge in [-0.15, -0.1) is 23.1 Å². The number of nitriles is 1. The van der Waals surface area contributed by atoms with Gasteiger partial charge < -0.3 is 10.6 Å². The summed E-state index contributed by atoms with van der Waals surface area (Å²) < 4.78 is 0. The number of hydrogen-bond acceptors (Lipinski definition) is 8. The number of anilines is 1. The van der Waals surface area contributed by atoms with Crippen molar-refractivity contribution < 1.29 is 9.59 Å². The Balaban J connectivity index is 1.75. The van der Waals surface area contributed by atoms with Crippen LogP contribution < -0.4 is 10.6 Å². The molecule has 8 nitrogen and oxygen atoms in total. The van der Waals surface area contributed by atoms with Crippen molar-refractivity contribution in [3.8, 4) is 16.6 Å². The van der Waals surface area contributed by atoms with Crippen LogP contribution in [0, 0.1) is 18.3 Å². The molecule has 0 unspecified atom stereocenters. The zero-order valence-corrected chi connectivity index (χ0v) is 18.9. The highest BCUT2D eigenvalue weighted by molar-refractivity contribution is 8.00. The standard InChI is InChI=1S/C18H22N6O2S3/c1-11-15(12-10-27-13(22-12)4-6-19)29-17(21-11)23(16(20)26)7-5-14(25)24-8-9-28-18(24,2)3/h10H,4-5,7-9H2,1-3H3,(H2,20,26). The molecule has 0 atom stereocenters. The van der Waals surface area contributed by atoms with E-state index in [0.717, 1.165) is 27.0 Å². The van der Waals surface area contributed by atoms with Gasteiger partial charge in [-0.05, 0) is 20.8 Å². The molecule has 2 N–H and O–H groups in total. The molecule has 2 aromatic heterocycles. The molecule has 0 radical (unpaired) electrons. The van der Waals surface area contributed by atoms with E-state index in [2.05, 4.69) is 16.0 Å². The Morgan fingerprint density at radius 1 is 1.41 bits per heavy atom. The fraction of sp³-hybridized carbons (Fsp3) is 0.500. The molecule has 3 rings (SSSR count).